The number of carbonyl (C=O) groups excluding carboxylic acids is 1. The van der Waals surface area contributed by atoms with E-state index in [2.05, 4.69) is 29.2 Å². The number of hydrogen-bond acceptors (Lipinski definition) is 4. The molecule has 5 nitrogen and oxygen atoms in total. The first kappa shape index (κ1) is 15.4. The molecule has 0 aromatic heterocycles. The van der Waals surface area contributed by atoms with E-state index in [1.54, 1.807) is 0 Å². The Labute approximate surface area is 111 Å². The minimum Gasteiger partial charge on any atom is -0.354 e. The van der Waals surface area contributed by atoms with Crippen LogP contribution in [0.2, 0.25) is 0 Å². The van der Waals surface area contributed by atoms with Crippen LogP contribution in [-0.4, -0.2) is 68.1 Å². The maximum Gasteiger partial charge on any atom is 0.220 e. The highest BCUT2D eigenvalue weighted by atomic mass is 16.1. The first-order chi connectivity index (χ1) is 8.49. The summed E-state index contributed by atoms with van der Waals surface area (Å²) in [7, 11) is 4.25. The summed E-state index contributed by atoms with van der Waals surface area (Å²) >= 11 is 0. The van der Waals surface area contributed by atoms with Gasteiger partial charge in [0.1, 0.15) is 0 Å². The van der Waals surface area contributed by atoms with Gasteiger partial charge in [0.2, 0.25) is 5.91 Å². The average Bonchev–Trinajstić information content (AvgIpc) is 2.30. The van der Waals surface area contributed by atoms with Crippen molar-refractivity contribution in [3.05, 3.63) is 0 Å². The molecule has 2 atom stereocenters. The number of nitrogens with one attached hydrogen (secondary N) is 1. The Morgan fingerprint density at radius 1 is 1.44 bits per heavy atom. The summed E-state index contributed by atoms with van der Waals surface area (Å²) in [4.78, 5) is 16.3. The van der Waals surface area contributed by atoms with Crippen LogP contribution in [-0.2, 0) is 4.79 Å². The Balaban J connectivity index is 2.16. The molecule has 5 heteroatoms. The second-order valence-electron chi connectivity index (χ2n) is 5.57. The summed E-state index contributed by atoms with van der Waals surface area (Å²) in [5.41, 5.74) is 5.66. The molecule has 106 valence electrons. The molecule has 1 rings (SSSR count). The molecule has 1 amide bonds. The Bertz CT molecular complexity index is 257. The summed E-state index contributed by atoms with van der Waals surface area (Å²) in [6.07, 6.45) is 2.39. The third-order valence-corrected chi connectivity index (χ3v) is 3.58. The number of hydrogen-bond donors (Lipinski definition) is 2. The van der Waals surface area contributed by atoms with Crippen LogP contribution in [0.5, 0.6) is 0 Å². The van der Waals surface area contributed by atoms with Gasteiger partial charge in [-0.25, -0.2) is 0 Å². The summed E-state index contributed by atoms with van der Waals surface area (Å²) in [5.74, 6) is 0.150. The van der Waals surface area contributed by atoms with E-state index in [4.69, 9.17) is 5.73 Å². The fourth-order valence-corrected chi connectivity index (χ4v) is 2.23. The molecule has 0 aliphatic carbocycles. The summed E-state index contributed by atoms with van der Waals surface area (Å²) < 4.78 is 0. The molecule has 1 aliphatic heterocycles. The van der Waals surface area contributed by atoms with Crippen molar-refractivity contribution in [2.45, 2.75) is 38.3 Å². The van der Waals surface area contributed by atoms with E-state index < -0.39 is 0 Å². The van der Waals surface area contributed by atoms with Gasteiger partial charge in [-0.2, -0.15) is 0 Å². The number of carbonyl (C=O) groups is 1. The maximum absolute atomic E-state index is 11.7. The second kappa shape index (κ2) is 7.71. The zero-order chi connectivity index (χ0) is 13.5. The van der Waals surface area contributed by atoms with Crippen LogP contribution in [0.3, 0.4) is 0 Å². The van der Waals surface area contributed by atoms with Crippen molar-refractivity contribution in [1.29, 1.82) is 0 Å². The van der Waals surface area contributed by atoms with E-state index in [0.717, 1.165) is 39.0 Å². The van der Waals surface area contributed by atoms with Gasteiger partial charge in [0.25, 0.3) is 0 Å². The SMILES string of the molecule is CC(N)CCCC(=O)NCC1CN(C)CCN1C. The van der Waals surface area contributed by atoms with Gasteiger partial charge in [0.05, 0.1) is 0 Å². The van der Waals surface area contributed by atoms with Gasteiger partial charge in [-0.1, -0.05) is 0 Å². The first-order valence-electron chi connectivity index (χ1n) is 6.90. The monoisotopic (exact) mass is 256 g/mol. The molecule has 0 aromatic carbocycles. The molecule has 0 radical (unpaired) electrons. The summed E-state index contributed by atoms with van der Waals surface area (Å²) in [6.45, 7) is 5.93. The van der Waals surface area contributed by atoms with Crippen LogP contribution in [0.15, 0.2) is 0 Å². The van der Waals surface area contributed by atoms with Crippen molar-refractivity contribution in [3.8, 4) is 0 Å². The van der Waals surface area contributed by atoms with E-state index in [-0.39, 0.29) is 11.9 Å². The van der Waals surface area contributed by atoms with Crippen molar-refractivity contribution in [1.82, 2.24) is 15.1 Å². The van der Waals surface area contributed by atoms with Gasteiger partial charge < -0.3 is 16.0 Å². The van der Waals surface area contributed by atoms with Gasteiger partial charge in [-0.3, -0.25) is 9.69 Å². The molecule has 0 spiro atoms. The van der Waals surface area contributed by atoms with E-state index >= 15 is 0 Å². The lowest BCUT2D eigenvalue weighted by Gasteiger charge is -2.37. The van der Waals surface area contributed by atoms with Crippen molar-refractivity contribution in [2.75, 3.05) is 40.3 Å². The molecule has 1 saturated heterocycles. The molecule has 1 fully saturated rings. The van der Waals surface area contributed by atoms with Crippen LogP contribution in [0.4, 0.5) is 0 Å². The highest BCUT2D eigenvalue weighted by molar-refractivity contribution is 5.75. The Kier molecular flexibility index (Phi) is 6.60. The lowest BCUT2D eigenvalue weighted by molar-refractivity contribution is -0.121. The predicted molar refractivity (Wildman–Crippen MR) is 74.4 cm³/mol. The predicted octanol–water partition coefficient (Wildman–Crippen LogP) is -0.134. The highest BCUT2D eigenvalue weighted by Gasteiger charge is 2.22. The van der Waals surface area contributed by atoms with E-state index in [1.165, 1.54) is 0 Å². The fourth-order valence-electron chi connectivity index (χ4n) is 2.23. The molecule has 1 heterocycles. The van der Waals surface area contributed by atoms with Crippen molar-refractivity contribution >= 4 is 5.91 Å². The summed E-state index contributed by atoms with van der Waals surface area (Å²) in [6, 6.07) is 0.622. The standard InChI is InChI=1S/C13H28N4O/c1-11(14)5-4-6-13(18)15-9-12-10-16(2)7-8-17(12)3/h11-12H,4-10,14H2,1-3H3,(H,15,18). The first-order valence-corrected chi connectivity index (χ1v) is 6.90. The largest absolute Gasteiger partial charge is 0.354 e. The molecule has 3 N–H and O–H groups in total. The van der Waals surface area contributed by atoms with Gasteiger partial charge in [0.15, 0.2) is 0 Å². The van der Waals surface area contributed by atoms with E-state index in [9.17, 15) is 4.79 Å². The zero-order valence-electron chi connectivity index (χ0n) is 12.0. The minimum atomic E-state index is 0.150. The molecule has 0 bridgehead atoms. The quantitative estimate of drug-likeness (QED) is 0.695. The number of nitrogens with zero attached hydrogens (tertiary/aromatic N) is 2. The molecule has 0 aromatic rings. The van der Waals surface area contributed by atoms with Crippen LogP contribution in [0.1, 0.15) is 26.2 Å². The third-order valence-electron chi connectivity index (χ3n) is 3.58. The lowest BCUT2D eigenvalue weighted by atomic mass is 10.1. The van der Waals surface area contributed by atoms with E-state index in [0.29, 0.717) is 12.5 Å². The molecular weight excluding hydrogens is 228 g/mol. The van der Waals surface area contributed by atoms with Crippen LogP contribution in [0, 0.1) is 0 Å². The van der Waals surface area contributed by atoms with Gasteiger partial charge >= 0.3 is 0 Å². The number of rotatable bonds is 6. The van der Waals surface area contributed by atoms with E-state index in [1.807, 2.05) is 6.92 Å². The zero-order valence-corrected chi connectivity index (χ0v) is 12.0. The van der Waals surface area contributed by atoms with Crippen molar-refractivity contribution in [2.24, 2.45) is 5.73 Å². The lowest BCUT2D eigenvalue weighted by Crippen LogP contribution is -2.54. The maximum atomic E-state index is 11.7. The second-order valence-corrected chi connectivity index (χ2v) is 5.57. The highest BCUT2D eigenvalue weighted by Crippen LogP contribution is 2.05. The van der Waals surface area contributed by atoms with Crippen LogP contribution < -0.4 is 11.1 Å². The summed E-state index contributed by atoms with van der Waals surface area (Å²) in [5, 5.41) is 3.03. The van der Waals surface area contributed by atoms with Gasteiger partial charge in [0, 0.05) is 44.7 Å². The molecule has 18 heavy (non-hydrogen) atoms. The number of likely N-dealkylation sites (N-methyl/N-ethyl adjacent to an activating group) is 2. The third kappa shape index (κ3) is 5.80. The van der Waals surface area contributed by atoms with Gasteiger partial charge in [-0.05, 0) is 33.9 Å². The minimum absolute atomic E-state index is 0.150. The molecule has 0 saturated carbocycles. The average molecular weight is 256 g/mol. The Morgan fingerprint density at radius 3 is 2.83 bits per heavy atom. The fraction of sp³-hybridized carbons (Fsp3) is 0.923. The molecular formula is C13H28N4O. The smallest absolute Gasteiger partial charge is 0.220 e. The Hall–Kier alpha value is -0.650. The van der Waals surface area contributed by atoms with Gasteiger partial charge in [-0.15, -0.1) is 0 Å². The molecule has 1 aliphatic rings. The van der Waals surface area contributed by atoms with Crippen molar-refractivity contribution in [3.63, 3.8) is 0 Å². The topological polar surface area (TPSA) is 61.6 Å². The number of nitrogens with two attached hydrogens (primary N) is 1. The molecule has 2 unspecified atom stereocenters. The van der Waals surface area contributed by atoms with Crippen LogP contribution in [0.25, 0.3) is 0 Å². The van der Waals surface area contributed by atoms with Crippen LogP contribution >= 0.6 is 0 Å². The van der Waals surface area contributed by atoms with Crippen molar-refractivity contribution < 1.29 is 4.79 Å². The normalized spacial score (nSPS) is 23.9. The number of piperazine rings is 1. The number of amides is 1. The Morgan fingerprint density at radius 2 is 2.17 bits per heavy atom.